The average molecular weight is 495 g/mol. The molecule has 2 bridgehead atoms. The SMILES string of the molecule is CN1CC[C@]23c4c5ccc(O)c4O[C@H]2[C@@H](O)C=C[C@H]3[C@H]1C5.[PbH2]. The third-order valence-electron chi connectivity index (χ3n) is 6.15. The number of benzene rings is 1. The van der Waals surface area contributed by atoms with Crippen LogP contribution in [0.25, 0.3) is 0 Å². The number of aromatic hydroxyl groups is 1. The van der Waals surface area contributed by atoms with Crippen LogP contribution in [0.1, 0.15) is 17.5 Å². The molecule has 0 amide bonds. The van der Waals surface area contributed by atoms with E-state index in [9.17, 15) is 10.2 Å². The van der Waals surface area contributed by atoms with Crippen LogP contribution in [0.2, 0.25) is 0 Å². The zero-order chi connectivity index (χ0) is 14.4. The van der Waals surface area contributed by atoms with E-state index in [1.54, 1.807) is 6.07 Å². The maximum atomic E-state index is 10.4. The molecule has 0 unspecified atom stereocenters. The second kappa shape index (κ2) is 4.71. The van der Waals surface area contributed by atoms with E-state index in [1.807, 2.05) is 12.1 Å². The molecule has 1 aromatic rings. The zero-order valence-electron chi connectivity index (χ0n) is 12.7. The summed E-state index contributed by atoms with van der Waals surface area (Å²) >= 11 is 0. The Balaban J connectivity index is 0.00000125. The summed E-state index contributed by atoms with van der Waals surface area (Å²) in [6.45, 7) is 1.01. The molecule has 2 radical (unpaired) electrons. The van der Waals surface area contributed by atoms with Gasteiger partial charge in [-0.15, -0.1) is 0 Å². The van der Waals surface area contributed by atoms with Crippen LogP contribution < -0.4 is 4.74 Å². The van der Waals surface area contributed by atoms with Gasteiger partial charge in [0, 0.05) is 22.9 Å². The molecule has 116 valence electrons. The van der Waals surface area contributed by atoms with E-state index >= 15 is 0 Å². The van der Waals surface area contributed by atoms with Crippen molar-refractivity contribution >= 4 is 27.3 Å². The number of ether oxygens (including phenoxy) is 1. The Morgan fingerprint density at radius 1 is 1.32 bits per heavy atom. The Labute approximate surface area is 149 Å². The first-order valence-electron chi connectivity index (χ1n) is 7.71. The van der Waals surface area contributed by atoms with Crippen molar-refractivity contribution in [2.75, 3.05) is 13.6 Å². The number of piperidine rings is 1. The molecule has 2 aliphatic heterocycles. The molecule has 4 nitrogen and oxygen atoms in total. The molecule has 2 N–H and O–H groups in total. The molecule has 5 rings (SSSR count). The molecule has 1 spiro atoms. The predicted molar refractivity (Wildman–Crippen MR) is 86.1 cm³/mol. The van der Waals surface area contributed by atoms with Gasteiger partial charge in [0.25, 0.3) is 0 Å². The Hall–Kier alpha value is -0.598. The molecule has 5 heteroatoms. The number of aliphatic hydroxyl groups excluding tert-OH is 1. The fourth-order valence-corrected chi connectivity index (χ4v) is 5.24. The number of hydrogen-bond donors (Lipinski definition) is 2. The van der Waals surface area contributed by atoms with E-state index in [-0.39, 0.29) is 44.6 Å². The Kier molecular flexibility index (Phi) is 3.20. The number of nitrogens with zero attached hydrogens (tertiary/aromatic N) is 1. The van der Waals surface area contributed by atoms with Crippen LogP contribution in [0.3, 0.4) is 0 Å². The van der Waals surface area contributed by atoms with Gasteiger partial charge in [-0.25, -0.2) is 0 Å². The second-order valence-electron chi connectivity index (χ2n) is 6.93. The van der Waals surface area contributed by atoms with Gasteiger partial charge in [0.05, 0.1) is 0 Å². The van der Waals surface area contributed by atoms with Gasteiger partial charge in [0.2, 0.25) is 0 Å². The van der Waals surface area contributed by atoms with E-state index < -0.39 is 6.10 Å². The van der Waals surface area contributed by atoms with E-state index in [0.29, 0.717) is 17.7 Å². The summed E-state index contributed by atoms with van der Waals surface area (Å²) in [7, 11) is 2.19. The molecular weight excluding hydrogens is 473 g/mol. The summed E-state index contributed by atoms with van der Waals surface area (Å²) in [6, 6.07) is 4.23. The number of phenols is 1. The van der Waals surface area contributed by atoms with Crippen molar-refractivity contribution in [2.24, 2.45) is 5.92 Å². The van der Waals surface area contributed by atoms with Crippen LogP contribution >= 0.6 is 0 Å². The summed E-state index contributed by atoms with van der Waals surface area (Å²) in [5.41, 5.74) is 2.29. The third kappa shape index (κ3) is 1.54. The molecule has 5 atom stereocenters. The predicted octanol–water partition coefficient (Wildman–Crippen LogP) is 0.282. The first-order chi connectivity index (χ1) is 10.1. The summed E-state index contributed by atoms with van der Waals surface area (Å²) in [5.74, 6) is 1.19. The molecule has 1 aromatic carbocycles. The van der Waals surface area contributed by atoms with Gasteiger partial charge in [-0.2, -0.15) is 0 Å². The van der Waals surface area contributed by atoms with Gasteiger partial charge in [0.15, 0.2) is 11.5 Å². The van der Waals surface area contributed by atoms with Crippen molar-refractivity contribution in [2.45, 2.75) is 36.5 Å². The van der Waals surface area contributed by atoms with Crippen molar-refractivity contribution in [3.05, 3.63) is 35.4 Å². The van der Waals surface area contributed by atoms with Crippen molar-refractivity contribution in [3.8, 4) is 11.5 Å². The maximum absolute atomic E-state index is 10.4. The van der Waals surface area contributed by atoms with Crippen LogP contribution in [0.4, 0.5) is 0 Å². The van der Waals surface area contributed by atoms with E-state index in [1.165, 1.54) is 11.1 Å². The summed E-state index contributed by atoms with van der Waals surface area (Å²) < 4.78 is 6.09. The van der Waals surface area contributed by atoms with Gasteiger partial charge in [-0.05, 0) is 38.1 Å². The van der Waals surface area contributed by atoms with Crippen LogP contribution in [0, 0.1) is 5.92 Å². The normalized spacial score (nSPS) is 40.6. The number of hydrogen-bond acceptors (Lipinski definition) is 4. The third-order valence-corrected chi connectivity index (χ3v) is 6.15. The standard InChI is InChI=1S/C17H19NO3.Pb.2H/c1-18-7-6-17-10-3-5-13(20)16(17)21-15-12(19)4-2-9(14(15)17)8-11(10)18;;;/h2-5,10-11,13,16,19-20H,6-8H2,1H3;;;/t10-,11+,13-,16-,17-;;;/m0.../s1. The monoisotopic (exact) mass is 495 g/mol. The van der Waals surface area contributed by atoms with E-state index in [2.05, 4.69) is 18.0 Å². The number of rotatable bonds is 0. The van der Waals surface area contributed by atoms with Crippen molar-refractivity contribution in [1.82, 2.24) is 4.90 Å². The Morgan fingerprint density at radius 3 is 2.95 bits per heavy atom. The van der Waals surface area contributed by atoms with Crippen LogP contribution in [0.15, 0.2) is 24.3 Å². The van der Waals surface area contributed by atoms with Crippen molar-refractivity contribution < 1.29 is 14.9 Å². The van der Waals surface area contributed by atoms with E-state index in [4.69, 9.17) is 4.74 Å². The number of likely N-dealkylation sites (tertiary alicyclic amines) is 1. The first kappa shape index (κ1) is 15.0. The van der Waals surface area contributed by atoms with Gasteiger partial charge in [0.1, 0.15) is 12.2 Å². The molecule has 2 aliphatic carbocycles. The molecule has 22 heavy (non-hydrogen) atoms. The van der Waals surface area contributed by atoms with Gasteiger partial charge in [-0.3, -0.25) is 0 Å². The summed E-state index contributed by atoms with van der Waals surface area (Å²) in [4.78, 5) is 2.43. The number of aliphatic hydroxyl groups is 1. The summed E-state index contributed by atoms with van der Waals surface area (Å²) in [6.07, 6.45) is 5.18. The summed E-state index contributed by atoms with van der Waals surface area (Å²) in [5, 5.41) is 20.6. The van der Waals surface area contributed by atoms with Gasteiger partial charge >= 0.3 is 27.3 Å². The minimum atomic E-state index is -0.594. The molecule has 2 heterocycles. The average Bonchev–Trinajstić information content (AvgIpc) is 2.83. The van der Waals surface area contributed by atoms with Gasteiger partial charge in [-0.1, -0.05) is 18.2 Å². The molecule has 0 aromatic heterocycles. The first-order valence-corrected chi connectivity index (χ1v) is 7.71. The molecule has 1 fully saturated rings. The fourth-order valence-electron chi connectivity index (χ4n) is 5.24. The molecular formula is C17H21NO3Pb. The molecule has 4 aliphatic rings. The quantitative estimate of drug-likeness (QED) is 0.402. The van der Waals surface area contributed by atoms with Crippen LogP contribution in [-0.2, 0) is 11.8 Å². The van der Waals surface area contributed by atoms with Crippen LogP contribution in [-0.4, -0.2) is 74.3 Å². The van der Waals surface area contributed by atoms with Gasteiger partial charge < -0.3 is 19.8 Å². The number of likely N-dealkylation sites (N-methyl/N-ethyl adjacent to an activating group) is 1. The van der Waals surface area contributed by atoms with Crippen molar-refractivity contribution in [3.63, 3.8) is 0 Å². The van der Waals surface area contributed by atoms with Crippen molar-refractivity contribution in [1.29, 1.82) is 0 Å². The topological polar surface area (TPSA) is 52.9 Å². The van der Waals surface area contributed by atoms with Crippen LogP contribution in [0.5, 0.6) is 11.5 Å². The van der Waals surface area contributed by atoms with E-state index in [0.717, 1.165) is 19.4 Å². The zero-order valence-corrected chi connectivity index (χ0v) is 18.2. The second-order valence-corrected chi connectivity index (χ2v) is 6.93. The molecule has 0 saturated carbocycles. The Bertz CT molecular complexity index is 676. The molecule has 1 saturated heterocycles. The fraction of sp³-hybridized carbons (Fsp3) is 0.529. The Morgan fingerprint density at radius 2 is 2.14 bits per heavy atom. The minimum absolute atomic E-state index is 0. The number of phenolic OH excluding ortho intramolecular Hbond substituents is 1.